The highest BCUT2D eigenvalue weighted by Crippen LogP contribution is 2.28. The van der Waals surface area contributed by atoms with Crippen molar-refractivity contribution < 1.29 is 4.79 Å². The fraction of sp³-hybridized carbons (Fsp3) is 0.188. The Hall–Kier alpha value is -2.19. The number of nitrogens with two attached hydrogens (primary N) is 1. The third-order valence-corrected chi connectivity index (χ3v) is 5.02. The van der Waals surface area contributed by atoms with Crippen LogP contribution < -0.4 is 11.3 Å². The number of thioether (sulfide) groups is 2. The number of amides is 1. The first-order chi connectivity index (χ1) is 11.6. The summed E-state index contributed by atoms with van der Waals surface area (Å²) in [5.41, 5.74) is 6.53. The van der Waals surface area contributed by atoms with Gasteiger partial charge in [-0.25, -0.2) is 4.98 Å². The highest BCUT2D eigenvalue weighted by Gasteiger charge is 2.23. The van der Waals surface area contributed by atoms with E-state index in [0.717, 1.165) is 5.75 Å². The van der Waals surface area contributed by atoms with E-state index < -0.39 is 5.91 Å². The highest BCUT2D eigenvalue weighted by molar-refractivity contribution is 7.99. The van der Waals surface area contributed by atoms with Crippen LogP contribution in [0.15, 0.2) is 45.3 Å². The number of nitrogens with one attached hydrogen (secondary N) is 1. The number of nitrogens with zero attached hydrogens (tertiary/aromatic N) is 2. The number of H-pyrrole nitrogens is 1. The number of hydrogen-bond donors (Lipinski definition) is 2. The van der Waals surface area contributed by atoms with Crippen molar-refractivity contribution in [3.8, 4) is 5.69 Å². The Balaban J connectivity index is 2.42. The molecule has 124 valence electrons. The van der Waals surface area contributed by atoms with E-state index >= 15 is 0 Å². The second-order valence-corrected chi connectivity index (χ2v) is 6.97. The molecule has 8 heteroatoms. The van der Waals surface area contributed by atoms with Crippen molar-refractivity contribution >= 4 is 40.5 Å². The second kappa shape index (κ2) is 6.74. The van der Waals surface area contributed by atoms with Crippen molar-refractivity contribution in [1.29, 1.82) is 0 Å². The van der Waals surface area contributed by atoms with Gasteiger partial charge in [-0.1, -0.05) is 36.9 Å². The van der Waals surface area contributed by atoms with Gasteiger partial charge in [0.25, 0.3) is 11.5 Å². The Kier molecular flexibility index (Phi) is 4.68. The standard InChI is InChI=1S/C16H16N4O2S2/c1-3-24-14-10(12(17)21)11-13(18-14)19-16(23-2)20(15(11)22)9-7-5-4-6-8-9/h4-8,18H,3H2,1-2H3,(H2,17,21). The topological polar surface area (TPSA) is 93.8 Å². The number of carbonyl (C=O) groups is 1. The molecule has 0 aliphatic rings. The molecule has 24 heavy (non-hydrogen) atoms. The number of benzene rings is 1. The number of rotatable bonds is 5. The molecule has 6 nitrogen and oxygen atoms in total. The molecule has 0 fully saturated rings. The van der Waals surface area contributed by atoms with Crippen LogP contribution in [0.2, 0.25) is 0 Å². The van der Waals surface area contributed by atoms with Gasteiger partial charge in [0.1, 0.15) is 5.65 Å². The first-order valence-corrected chi connectivity index (χ1v) is 9.50. The van der Waals surface area contributed by atoms with Crippen LogP contribution in [0.25, 0.3) is 16.7 Å². The fourth-order valence-electron chi connectivity index (χ4n) is 2.53. The molecule has 0 aliphatic carbocycles. The lowest BCUT2D eigenvalue weighted by Crippen LogP contribution is -2.23. The Bertz CT molecular complexity index is 964. The molecule has 1 aromatic carbocycles. The fourth-order valence-corrected chi connectivity index (χ4v) is 3.89. The van der Waals surface area contributed by atoms with E-state index in [1.54, 1.807) is 0 Å². The molecule has 0 saturated carbocycles. The minimum atomic E-state index is -0.632. The summed E-state index contributed by atoms with van der Waals surface area (Å²) in [7, 11) is 0. The molecule has 2 aromatic heterocycles. The van der Waals surface area contributed by atoms with E-state index in [1.165, 1.54) is 28.1 Å². The molecule has 2 heterocycles. The summed E-state index contributed by atoms with van der Waals surface area (Å²) in [6.07, 6.45) is 1.85. The summed E-state index contributed by atoms with van der Waals surface area (Å²) in [5.74, 6) is 0.114. The van der Waals surface area contributed by atoms with Gasteiger partial charge in [0.05, 0.1) is 21.7 Å². The summed E-state index contributed by atoms with van der Waals surface area (Å²) in [6.45, 7) is 1.96. The maximum absolute atomic E-state index is 13.1. The van der Waals surface area contributed by atoms with Crippen LogP contribution in [0.5, 0.6) is 0 Å². The van der Waals surface area contributed by atoms with Gasteiger partial charge in [0.15, 0.2) is 5.16 Å². The zero-order valence-corrected chi connectivity index (χ0v) is 14.8. The quantitative estimate of drug-likeness (QED) is 0.539. The zero-order valence-electron chi connectivity index (χ0n) is 13.2. The lowest BCUT2D eigenvalue weighted by atomic mass is 10.2. The third kappa shape index (κ3) is 2.71. The van der Waals surface area contributed by atoms with E-state index in [0.29, 0.717) is 21.5 Å². The van der Waals surface area contributed by atoms with Crippen LogP contribution in [-0.4, -0.2) is 32.5 Å². The van der Waals surface area contributed by atoms with Crippen molar-refractivity contribution in [3.63, 3.8) is 0 Å². The monoisotopic (exact) mass is 360 g/mol. The Labute approximate surface area is 146 Å². The molecule has 1 amide bonds. The van der Waals surface area contributed by atoms with Crippen molar-refractivity contribution in [2.24, 2.45) is 5.73 Å². The predicted octanol–water partition coefficient (Wildman–Crippen LogP) is 2.65. The summed E-state index contributed by atoms with van der Waals surface area (Å²) in [6, 6.07) is 9.22. The van der Waals surface area contributed by atoms with Gasteiger partial charge in [0.2, 0.25) is 0 Å². The number of fused-ring (bicyclic) bond motifs is 1. The smallest absolute Gasteiger partial charge is 0.269 e. The molecular weight excluding hydrogens is 344 g/mol. The van der Waals surface area contributed by atoms with E-state index in [9.17, 15) is 9.59 Å². The van der Waals surface area contributed by atoms with Gasteiger partial charge >= 0.3 is 0 Å². The number of carbonyl (C=O) groups excluding carboxylic acids is 1. The van der Waals surface area contributed by atoms with Gasteiger partial charge in [-0.2, -0.15) is 0 Å². The molecule has 3 aromatic rings. The highest BCUT2D eigenvalue weighted by atomic mass is 32.2. The zero-order chi connectivity index (χ0) is 17.3. The first-order valence-electron chi connectivity index (χ1n) is 7.29. The first kappa shape index (κ1) is 16.7. The number of para-hydroxylation sites is 1. The average Bonchev–Trinajstić information content (AvgIpc) is 2.94. The number of aromatic amines is 1. The van der Waals surface area contributed by atoms with Crippen molar-refractivity contribution in [2.45, 2.75) is 17.1 Å². The molecule has 0 saturated heterocycles. The van der Waals surface area contributed by atoms with Crippen LogP contribution in [0.3, 0.4) is 0 Å². The average molecular weight is 360 g/mol. The second-order valence-electron chi connectivity index (χ2n) is 4.92. The minimum Gasteiger partial charge on any atom is -0.365 e. The Morgan fingerprint density at radius 2 is 2.04 bits per heavy atom. The molecule has 0 unspecified atom stereocenters. The van der Waals surface area contributed by atoms with E-state index in [-0.39, 0.29) is 16.5 Å². The number of primary amides is 1. The minimum absolute atomic E-state index is 0.215. The van der Waals surface area contributed by atoms with E-state index in [2.05, 4.69) is 9.97 Å². The van der Waals surface area contributed by atoms with Crippen molar-refractivity contribution in [2.75, 3.05) is 12.0 Å². The molecule has 0 radical (unpaired) electrons. The van der Waals surface area contributed by atoms with Gasteiger partial charge in [-0.3, -0.25) is 14.2 Å². The van der Waals surface area contributed by atoms with Gasteiger partial charge in [-0.15, -0.1) is 11.8 Å². The van der Waals surface area contributed by atoms with Gasteiger partial charge in [-0.05, 0) is 24.1 Å². The summed E-state index contributed by atoms with van der Waals surface area (Å²) in [5, 5.41) is 1.37. The van der Waals surface area contributed by atoms with Crippen molar-refractivity contribution in [3.05, 3.63) is 46.2 Å². The molecule has 0 atom stereocenters. The van der Waals surface area contributed by atoms with Crippen LogP contribution >= 0.6 is 23.5 Å². The summed E-state index contributed by atoms with van der Waals surface area (Å²) < 4.78 is 1.51. The summed E-state index contributed by atoms with van der Waals surface area (Å²) in [4.78, 5) is 32.6. The third-order valence-electron chi connectivity index (χ3n) is 3.49. The van der Waals surface area contributed by atoms with Gasteiger partial charge in [0, 0.05) is 0 Å². The molecule has 0 aliphatic heterocycles. The Morgan fingerprint density at radius 1 is 1.33 bits per heavy atom. The van der Waals surface area contributed by atoms with Crippen LogP contribution in [0.1, 0.15) is 17.3 Å². The Morgan fingerprint density at radius 3 is 2.62 bits per heavy atom. The largest absolute Gasteiger partial charge is 0.365 e. The SMILES string of the molecule is CCSc1[nH]c2nc(SC)n(-c3ccccc3)c(=O)c2c1C(N)=O. The number of hydrogen-bond acceptors (Lipinski definition) is 5. The van der Waals surface area contributed by atoms with Gasteiger partial charge < -0.3 is 10.7 Å². The molecule has 0 bridgehead atoms. The van der Waals surface area contributed by atoms with E-state index in [4.69, 9.17) is 5.73 Å². The molecule has 0 spiro atoms. The summed E-state index contributed by atoms with van der Waals surface area (Å²) >= 11 is 2.79. The van der Waals surface area contributed by atoms with Crippen LogP contribution in [0.4, 0.5) is 0 Å². The molecular formula is C16H16N4O2S2. The molecule has 3 rings (SSSR count). The maximum atomic E-state index is 13.1. The van der Waals surface area contributed by atoms with E-state index in [1.807, 2.05) is 43.5 Å². The van der Waals surface area contributed by atoms with Crippen LogP contribution in [0, 0.1) is 0 Å². The molecule has 3 N–H and O–H groups in total. The lowest BCUT2D eigenvalue weighted by Gasteiger charge is -2.10. The van der Waals surface area contributed by atoms with Crippen molar-refractivity contribution in [1.82, 2.24) is 14.5 Å². The predicted molar refractivity (Wildman–Crippen MR) is 98.4 cm³/mol. The van der Waals surface area contributed by atoms with Crippen LogP contribution in [-0.2, 0) is 0 Å². The lowest BCUT2D eigenvalue weighted by molar-refractivity contribution is 0.0999. The number of aromatic nitrogens is 3. The normalized spacial score (nSPS) is 11.1. The maximum Gasteiger partial charge on any atom is 0.269 e.